The zero-order valence-corrected chi connectivity index (χ0v) is 9.77. The third-order valence-electron chi connectivity index (χ3n) is 2.76. The number of nitrogens with zero attached hydrogens (tertiary/aromatic N) is 3. The number of aliphatic hydroxyl groups excluding tert-OH is 3. The van der Waals surface area contributed by atoms with E-state index in [2.05, 4.69) is 10.1 Å². The minimum absolute atomic E-state index is 0.115. The van der Waals surface area contributed by atoms with Crippen LogP contribution in [0.1, 0.15) is 12.1 Å². The average Bonchev–Trinajstić information content (AvgIpc) is 2.74. The summed E-state index contributed by atoms with van der Waals surface area (Å²) >= 11 is 0. The maximum absolute atomic E-state index is 9.79. The van der Waals surface area contributed by atoms with Crippen LogP contribution in [0.15, 0.2) is 18.5 Å². The summed E-state index contributed by atoms with van der Waals surface area (Å²) < 4.78 is 1.61. The molecule has 0 saturated heterocycles. The van der Waals surface area contributed by atoms with E-state index in [0.29, 0.717) is 17.8 Å². The zero-order valence-electron chi connectivity index (χ0n) is 9.77. The normalized spacial score (nSPS) is 14.8. The second-order valence-corrected chi connectivity index (χ2v) is 4.20. The molecule has 2 aromatic heterocycles. The lowest BCUT2D eigenvalue weighted by Gasteiger charge is -2.13. The van der Waals surface area contributed by atoms with Gasteiger partial charge in [0.1, 0.15) is 11.8 Å². The first-order chi connectivity index (χ1) is 8.61. The summed E-state index contributed by atoms with van der Waals surface area (Å²) in [7, 11) is 0. The highest BCUT2D eigenvalue weighted by Gasteiger charge is 2.14. The first kappa shape index (κ1) is 12.7. The molecule has 0 radical (unpaired) electrons. The minimum Gasteiger partial charge on any atom is -0.394 e. The van der Waals surface area contributed by atoms with Crippen molar-refractivity contribution in [3.05, 3.63) is 24.2 Å². The number of fused-ring (bicyclic) bond motifs is 1. The van der Waals surface area contributed by atoms with Gasteiger partial charge in [-0.3, -0.25) is 0 Å². The van der Waals surface area contributed by atoms with Crippen LogP contribution in [-0.2, 0) is 6.42 Å². The molecule has 7 heteroatoms. The summed E-state index contributed by atoms with van der Waals surface area (Å²) in [5, 5.41) is 31.8. The summed E-state index contributed by atoms with van der Waals surface area (Å²) in [6.07, 6.45) is 0.125. The van der Waals surface area contributed by atoms with E-state index in [0.717, 1.165) is 5.69 Å². The number of nitrogens with two attached hydrogens (primary N) is 1. The Labute approximate surface area is 104 Å². The van der Waals surface area contributed by atoms with Crippen molar-refractivity contribution in [1.82, 2.24) is 14.6 Å². The van der Waals surface area contributed by atoms with Gasteiger partial charge in [0, 0.05) is 18.5 Å². The van der Waals surface area contributed by atoms with Gasteiger partial charge in [-0.15, -0.1) is 0 Å². The van der Waals surface area contributed by atoms with Crippen molar-refractivity contribution in [3.63, 3.8) is 0 Å². The molecule has 0 amide bonds. The largest absolute Gasteiger partial charge is 0.394 e. The molecule has 2 aromatic rings. The van der Waals surface area contributed by atoms with Crippen LogP contribution < -0.4 is 5.73 Å². The van der Waals surface area contributed by atoms with Gasteiger partial charge in [0.25, 0.3) is 0 Å². The lowest BCUT2D eigenvalue weighted by molar-refractivity contribution is 0.0415. The van der Waals surface area contributed by atoms with E-state index in [9.17, 15) is 10.2 Å². The first-order valence-electron chi connectivity index (χ1n) is 5.66. The fourth-order valence-corrected chi connectivity index (χ4v) is 1.87. The number of anilines is 1. The molecule has 0 spiro atoms. The third kappa shape index (κ3) is 2.58. The van der Waals surface area contributed by atoms with Crippen molar-refractivity contribution in [2.24, 2.45) is 0 Å². The SMILES string of the molecule is Nc1ncnn2c(CC(O)CC(O)CO)ccc12. The lowest BCUT2D eigenvalue weighted by Crippen LogP contribution is -2.23. The summed E-state index contributed by atoms with van der Waals surface area (Å²) in [5.41, 5.74) is 7.15. The Hall–Kier alpha value is -1.70. The Kier molecular flexibility index (Phi) is 3.75. The van der Waals surface area contributed by atoms with Gasteiger partial charge in [0.2, 0.25) is 0 Å². The predicted molar refractivity (Wildman–Crippen MR) is 64.8 cm³/mol. The van der Waals surface area contributed by atoms with Crippen LogP contribution in [-0.4, -0.2) is 48.7 Å². The van der Waals surface area contributed by atoms with Gasteiger partial charge >= 0.3 is 0 Å². The number of hydrogen-bond donors (Lipinski definition) is 4. The van der Waals surface area contributed by atoms with Gasteiger partial charge in [-0.2, -0.15) is 5.10 Å². The predicted octanol–water partition coefficient (Wildman–Crippen LogP) is -1.04. The highest BCUT2D eigenvalue weighted by molar-refractivity contribution is 5.65. The molecule has 0 bridgehead atoms. The molecule has 2 unspecified atom stereocenters. The average molecular weight is 252 g/mol. The lowest BCUT2D eigenvalue weighted by atomic mass is 10.1. The summed E-state index contributed by atoms with van der Waals surface area (Å²) in [6, 6.07) is 3.58. The van der Waals surface area contributed by atoms with Crippen molar-refractivity contribution >= 4 is 11.3 Å². The molecule has 98 valence electrons. The van der Waals surface area contributed by atoms with Crippen LogP contribution in [0.2, 0.25) is 0 Å². The smallest absolute Gasteiger partial charge is 0.151 e. The minimum atomic E-state index is -0.911. The van der Waals surface area contributed by atoms with E-state index in [1.54, 1.807) is 16.6 Å². The van der Waals surface area contributed by atoms with E-state index in [4.69, 9.17) is 10.8 Å². The van der Waals surface area contributed by atoms with Crippen LogP contribution in [0.3, 0.4) is 0 Å². The Morgan fingerprint density at radius 3 is 2.78 bits per heavy atom. The van der Waals surface area contributed by atoms with Crippen LogP contribution in [0.25, 0.3) is 5.52 Å². The molecular weight excluding hydrogens is 236 g/mol. The van der Waals surface area contributed by atoms with E-state index in [-0.39, 0.29) is 13.0 Å². The fourth-order valence-electron chi connectivity index (χ4n) is 1.87. The molecule has 7 nitrogen and oxygen atoms in total. The Morgan fingerprint density at radius 1 is 1.28 bits per heavy atom. The standard InChI is InChI=1S/C11H16N4O3/c12-11-10-2-1-7(15(10)14-6-13-11)3-8(17)4-9(18)5-16/h1-2,6,8-9,16-18H,3-5H2,(H2,12,13,14). The number of hydrogen-bond acceptors (Lipinski definition) is 6. The second kappa shape index (κ2) is 5.30. The Morgan fingerprint density at radius 2 is 2.06 bits per heavy atom. The van der Waals surface area contributed by atoms with Crippen molar-refractivity contribution in [1.29, 1.82) is 0 Å². The third-order valence-corrected chi connectivity index (χ3v) is 2.76. The van der Waals surface area contributed by atoms with Crippen molar-refractivity contribution in [3.8, 4) is 0 Å². The molecule has 0 aliphatic heterocycles. The molecule has 0 aliphatic rings. The van der Waals surface area contributed by atoms with E-state index >= 15 is 0 Å². The van der Waals surface area contributed by atoms with Crippen molar-refractivity contribution in [2.75, 3.05) is 12.3 Å². The Balaban J connectivity index is 2.15. The highest BCUT2D eigenvalue weighted by atomic mass is 16.3. The Bertz CT molecular complexity index is 528. The van der Waals surface area contributed by atoms with Crippen LogP contribution >= 0.6 is 0 Å². The van der Waals surface area contributed by atoms with Crippen LogP contribution in [0.4, 0.5) is 5.82 Å². The maximum atomic E-state index is 9.79. The summed E-state index contributed by atoms with van der Waals surface area (Å²) in [4.78, 5) is 3.87. The van der Waals surface area contributed by atoms with Crippen LogP contribution in [0.5, 0.6) is 0 Å². The van der Waals surface area contributed by atoms with Crippen LogP contribution in [0, 0.1) is 0 Å². The van der Waals surface area contributed by atoms with Gasteiger partial charge in [-0.25, -0.2) is 9.50 Å². The second-order valence-electron chi connectivity index (χ2n) is 4.20. The van der Waals surface area contributed by atoms with Crippen molar-refractivity contribution < 1.29 is 15.3 Å². The summed E-state index contributed by atoms with van der Waals surface area (Å²) in [5.74, 6) is 0.376. The number of aliphatic hydroxyl groups is 3. The molecule has 0 aromatic carbocycles. The van der Waals surface area contributed by atoms with Gasteiger partial charge in [-0.1, -0.05) is 0 Å². The highest BCUT2D eigenvalue weighted by Crippen LogP contribution is 2.15. The van der Waals surface area contributed by atoms with Gasteiger partial charge in [0.05, 0.1) is 18.8 Å². The number of aromatic nitrogens is 3. The van der Waals surface area contributed by atoms with Gasteiger partial charge < -0.3 is 21.1 Å². The van der Waals surface area contributed by atoms with Gasteiger partial charge in [0.15, 0.2) is 5.82 Å². The van der Waals surface area contributed by atoms with Gasteiger partial charge in [-0.05, 0) is 12.1 Å². The molecule has 2 rings (SSSR count). The van der Waals surface area contributed by atoms with Crippen molar-refractivity contribution in [2.45, 2.75) is 25.0 Å². The quantitative estimate of drug-likeness (QED) is 0.540. The number of rotatable bonds is 5. The molecule has 18 heavy (non-hydrogen) atoms. The molecule has 2 heterocycles. The van der Waals surface area contributed by atoms with E-state index in [1.165, 1.54) is 6.33 Å². The molecule has 5 N–H and O–H groups in total. The topological polar surface area (TPSA) is 117 Å². The summed E-state index contributed by atoms with van der Waals surface area (Å²) in [6.45, 7) is -0.360. The monoisotopic (exact) mass is 252 g/mol. The van der Waals surface area contributed by atoms with E-state index in [1.807, 2.05) is 0 Å². The zero-order chi connectivity index (χ0) is 13.1. The molecule has 0 saturated carbocycles. The molecule has 0 aliphatic carbocycles. The molecule has 2 atom stereocenters. The fraction of sp³-hybridized carbons (Fsp3) is 0.455. The molecular formula is C11H16N4O3. The van der Waals surface area contributed by atoms with E-state index < -0.39 is 12.2 Å². The number of nitrogen functional groups attached to an aromatic ring is 1. The molecule has 0 fully saturated rings. The maximum Gasteiger partial charge on any atom is 0.151 e. The first-order valence-corrected chi connectivity index (χ1v) is 5.66.